The van der Waals surface area contributed by atoms with E-state index in [4.69, 9.17) is 5.11 Å². The highest BCUT2D eigenvalue weighted by molar-refractivity contribution is 5.95. The van der Waals surface area contributed by atoms with E-state index in [2.05, 4.69) is 4.98 Å². The molecule has 0 aliphatic carbocycles. The van der Waals surface area contributed by atoms with Gasteiger partial charge in [-0.25, -0.2) is 4.79 Å². The highest BCUT2D eigenvalue weighted by Gasteiger charge is 2.07. The second-order valence-corrected chi connectivity index (χ2v) is 4.16. The molecule has 0 spiro atoms. The van der Waals surface area contributed by atoms with Crippen LogP contribution in [0.3, 0.4) is 0 Å². The molecule has 0 aliphatic heterocycles. The SMILES string of the molecule is O=C(O)c1cc2ccc(-c3ccccc3)cc2[nH]1. The van der Waals surface area contributed by atoms with E-state index in [-0.39, 0.29) is 5.69 Å². The van der Waals surface area contributed by atoms with Crippen molar-refractivity contribution in [1.82, 2.24) is 4.98 Å². The van der Waals surface area contributed by atoms with Gasteiger partial charge < -0.3 is 10.1 Å². The van der Waals surface area contributed by atoms with Crippen LogP contribution in [0.15, 0.2) is 54.6 Å². The number of rotatable bonds is 2. The molecule has 0 amide bonds. The Morgan fingerprint density at radius 1 is 0.944 bits per heavy atom. The third kappa shape index (κ3) is 1.76. The smallest absolute Gasteiger partial charge is 0.352 e. The summed E-state index contributed by atoms with van der Waals surface area (Å²) in [6, 6.07) is 17.5. The lowest BCUT2D eigenvalue weighted by Gasteiger charge is -2.01. The standard InChI is InChI=1S/C15H11NO2/c17-15(18)14-9-12-7-6-11(8-13(12)16-14)10-4-2-1-3-5-10/h1-9,16H,(H,17,18). The zero-order valence-corrected chi connectivity index (χ0v) is 9.55. The van der Waals surface area contributed by atoms with Crippen LogP contribution in [0.25, 0.3) is 22.0 Å². The summed E-state index contributed by atoms with van der Waals surface area (Å²) < 4.78 is 0. The molecule has 0 aliphatic rings. The number of nitrogens with one attached hydrogen (secondary N) is 1. The third-order valence-corrected chi connectivity index (χ3v) is 2.96. The zero-order valence-electron chi connectivity index (χ0n) is 9.55. The average Bonchev–Trinajstić information content (AvgIpc) is 2.82. The van der Waals surface area contributed by atoms with Crippen molar-refractivity contribution in [3.63, 3.8) is 0 Å². The number of aromatic nitrogens is 1. The quantitative estimate of drug-likeness (QED) is 0.716. The van der Waals surface area contributed by atoms with Gasteiger partial charge in [-0.05, 0) is 23.3 Å². The highest BCUT2D eigenvalue weighted by atomic mass is 16.4. The van der Waals surface area contributed by atoms with Crippen LogP contribution in [-0.4, -0.2) is 16.1 Å². The van der Waals surface area contributed by atoms with Gasteiger partial charge in [0, 0.05) is 10.9 Å². The fourth-order valence-electron chi connectivity index (χ4n) is 2.05. The van der Waals surface area contributed by atoms with Crippen molar-refractivity contribution < 1.29 is 9.90 Å². The molecule has 0 atom stereocenters. The fourth-order valence-corrected chi connectivity index (χ4v) is 2.05. The lowest BCUT2D eigenvalue weighted by molar-refractivity contribution is 0.0691. The number of aromatic amines is 1. The molecule has 3 heteroatoms. The molecular formula is C15H11NO2. The van der Waals surface area contributed by atoms with Crippen LogP contribution in [-0.2, 0) is 0 Å². The Hall–Kier alpha value is -2.55. The molecule has 0 saturated heterocycles. The van der Waals surface area contributed by atoms with Crippen LogP contribution in [0, 0.1) is 0 Å². The molecule has 0 fully saturated rings. The van der Waals surface area contributed by atoms with Crippen molar-refractivity contribution in [2.75, 3.05) is 0 Å². The molecule has 3 rings (SSSR count). The van der Waals surface area contributed by atoms with E-state index in [1.807, 2.05) is 48.5 Å². The fraction of sp³-hybridized carbons (Fsp3) is 0. The van der Waals surface area contributed by atoms with Crippen molar-refractivity contribution in [3.05, 3.63) is 60.3 Å². The number of fused-ring (bicyclic) bond motifs is 1. The van der Waals surface area contributed by atoms with Crippen LogP contribution in [0.1, 0.15) is 10.5 Å². The number of aromatic carboxylic acids is 1. The van der Waals surface area contributed by atoms with E-state index < -0.39 is 5.97 Å². The molecular weight excluding hydrogens is 226 g/mol. The molecule has 2 aromatic carbocycles. The minimum absolute atomic E-state index is 0.218. The van der Waals surface area contributed by atoms with Gasteiger partial charge in [-0.2, -0.15) is 0 Å². The second-order valence-electron chi connectivity index (χ2n) is 4.16. The summed E-state index contributed by atoms with van der Waals surface area (Å²) in [6.45, 7) is 0. The van der Waals surface area contributed by atoms with E-state index in [1.54, 1.807) is 6.07 Å². The maximum absolute atomic E-state index is 10.9. The number of hydrogen-bond donors (Lipinski definition) is 2. The van der Waals surface area contributed by atoms with Crippen LogP contribution in [0.2, 0.25) is 0 Å². The van der Waals surface area contributed by atoms with Gasteiger partial charge in [0.05, 0.1) is 0 Å². The summed E-state index contributed by atoms with van der Waals surface area (Å²) in [6.07, 6.45) is 0. The predicted octanol–water partition coefficient (Wildman–Crippen LogP) is 3.53. The summed E-state index contributed by atoms with van der Waals surface area (Å²) in [4.78, 5) is 13.8. The Labute approximate surface area is 104 Å². The number of carboxylic acids is 1. The maximum Gasteiger partial charge on any atom is 0.352 e. The molecule has 3 nitrogen and oxygen atoms in total. The monoisotopic (exact) mass is 237 g/mol. The van der Waals surface area contributed by atoms with Crippen molar-refractivity contribution in [3.8, 4) is 11.1 Å². The van der Waals surface area contributed by atoms with Crippen molar-refractivity contribution >= 4 is 16.9 Å². The number of carbonyl (C=O) groups is 1. The van der Waals surface area contributed by atoms with Gasteiger partial charge in [-0.15, -0.1) is 0 Å². The van der Waals surface area contributed by atoms with E-state index in [9.17, 15) is 4.79 Å². The van der Waals surface area contributed by atoms with E-state index in [1.165, 1.54) is 0 Å². The van der Waals surface area contributed by atoms with Crippen LogP contribution >= 0.6 is 0 Å². The van der Waals surface area contributed by atoms with Crippen LogP contribution < -0.4 is 0 Å². The minimum Gasteiger partial charge on any atom is -0.477 e. The first-order valence-electron chi connectivity index (χ1n) is 5.65. The minimum atomic E-state index is -0.938. The first-order valence-corrected chi connectivity index (χ1v) is 5.65. The molecule has 3 aromatic rings. The van der Waals surface area contributed by atoms with Crippen molar-refractivity contribution in [1.29, 1.82) is 0 Å². The van der Waals surface area contributed by atoms with Gasteiger partial charge >= 0.3 is 5.97 Å². The molecule has 0 bridgehead atoms. The van der Waals surface area contributed by atoms with Gasteiger partial charge in [0.25, 0.3) is 0 Å². The molecule has 0 saturated carbocycles. The molecule has 2 N–H and O–H groups in total. The van der Waals surface area contributed by atoms with E-state index >= 15 is 0 Å². The molecule has 18 heavy (non-hydrogen) atoms. The predicted molar refractivity (Wildman–Crippen MR) is 70.7 cm³/mol. The Morgan fingerprint density at radius 3 is 2.44 bits per heavy atom. The van der Waals surface area contributed by atoms with Gasteiger partial charge in [0.15, 0.2) is 0 Å². The Bertz CT molecular complexity index is 714. The summed E-state index contributed by atoms with van der Waals surface area (Å²) >= 11 is 0. The number of hydrogen-bond acceptors (Lipinski definition) is 1. The normalized spacial score (nSPS) is 10.7. The summed E-state index contributed by atoms with van der Waals surface area (Å²) in [5.74, 6) is -0.938. The van der Waals surface area contributed by atoms with Crippen LogP contribution in [0.5, 0.6) is 0 Å². The van der Waals surface area contributed by atoms with Gasteiger partial charge in [-0.3, -0.25) is 0 Å². The first-order chi connectivity index (χ1) is 8.74. The number of benzene rings is 2. The average molecular weight is 237 g/mol. The van der Waals surface area contributed by atoms with Crippen molar-refractivity contribution in [2.45, 2.75) is 0 Å². The molecule has 0 radical (unpaired) electrons. The summed E-state index contributed by atoms with van der Waals surface area (Å²) in [5, 5.41) is 9.85. The molecule has 88 valence electrons. The summed E-state index contributed by atoms with van der Waals surface area (Å²) in [5.41, 5.74) is 3.25. The Morgan fingerprint density at radius 2 is 1.72 bits per heavy atom. The highest BCUT2D eigenvalue weighted by Crippen LogP contribution is 2.24. The van der Waals surface area contributed by atoms with Crippen molar-refractivity contribution in [2.24, 2.45) is 0 Å². The van der Waals surface area contributed by atoms with E-state index in [0.717, 1.165) is 22.0 Å². The van der Waals surface area contributed by atoms with Gasteiger partial charge in [-0.1, -0.05) is 42.5 Å². The lowest BCUT2D eigenvalue weighted by Crippen LogP contribution is -1.94. The topological polar surface area (TPSA) is 53.1 Å². The Balaban J connectivity index is 2.14. The maximum atomic E-state index is 10.9. The lowest BCUT2D eigenvalue weighted by atomic mass is 10.0. The Kier molecular flexibility index (Phi) is 2.38. The first kappa shape index (κ1) is 10.6. The summed E-state index contributed by atoms with van der Waals surface area (Å²) in [7, 11) is 0. The second kappa shape index (κ2) is 4.04. The largest absolute Gasteiger partial charge is 0.477 e. The van der Waals surface area contributed by atoms with Crippen LogP contribution in [0.4, 0.5) is 0 Å². The third-order valence-electron chi connectivity index (χ3n) is 2.96. The van der Waals surface area contributed by atoms with E-state index in [0.29, 0.717) is 0 Å². The molecule has 0 unspecified atom stereocenters. The molecule has 1 heterocycles. The van der Waals surface area contributed by atoms with Gasteiger partial charge in [0.1, 0.15) is 5.69 Å². The number of H-pyrrole nitrogens is 1. The van der Waals surface area contributed by atoms with Gasteiger partial charge in [0.2, 0.25) is 0 Å². The number of carboxylic acid groups (broad SMARTS) is 1. The molecule has 1 aromatic heterocycles. The zero-order chi connectivity index (χ0) is 12.5.